The highest BCUT2D eigenvalue weighted by Gasteiger charge is 2.49. The molecule has 1 N–H and O–H groups in total. The van der Waals surface area contributed by atoms with Crippen molar-refractivity contribution in [1.82, 2.24) is 15.2 Å². The van der Waals surface area contributed by atoms with E-state index in [4.69, 9.17) is 4.42 Å². The van der Waals surface area contributed by atoms with Crippen LogP contribution in [0, 0.1) is 0 Å². The number of hydrogen-bond acceptors (Lipinski definition) is 5. The van der Waals surface area contributed by atoms with E-state index in [1.807, 2.05) is 30.3 Å². The number of oxazole rings is 1. The third kappa shape index (κ3) is 3.61. The number of ether oxygens (including phenoxy) is 1. The van der Waals surface area contributed by atoms with Crippen molar-refractivity contribution >= 4 is 11.9 Å². The third-order valence-corrected chi connectivity index (χ3v) is 4.84. The number of hydrogen-bond donors (Lipinski definition) is 1. The number of amides is 3. The summed E-state index contributed by atoms with van der Waals surface area (Å²) in [7, 11) is 0. The molecule has 154 valence electrons. The van der Waals surface area contributed by atoms with E-state index in [9.17, 15) is 18.4 Å². The predicted octanol–water partition coefficient (Wildman–Crippen LogP) is 3.91. The molecule has 1 aliphatic heterocycles. The number of aromatic nitrogens is 1. The van der Waals surface area contributed by atoms with Crippen LogP contribution in [0.4, 0.5) is 13.6 Å². The molecule has 1 saturated heterocycles. The molecular formula is C21H17F2N3O4. The molecule has 7 nitrogen and oxygen atoms in total. The van der Waals surface area contributed by atoms with E-state index in [-0.39, 0.29) is 18.2 Å². The Morgan fingerprint density at radius 3 is 2.50 bits per heavy atom. The third-order valence-electron chi connectivity index (χ3n) is 4.84. The highest BCUT2D eigenvalue weighted by molar-refractivity contribution is 6.07. The van der Waals surface area contributed by atoms with Crippen LogP contribution in [0.5, 0.6) is 5.75 Å². The first kappa shape index (κ1) is 19.6. The monoisotopic (exact) mass is 413 g/mol. The van der Waals surface area contributed by atoms with Crippen molar-refractivity contribution in [3.8, 4) is 17.1 Å². The van der Waals surface area contributed by atoms with Gasteiger partial charge in [-0.05, 0) is 24.6 Å². The van der Waals surface area contributed by atoms with Crippen molar-refractivity contribution in [2.45, 2.75) is 25.6 Å². The fraction of sp³-hybridized carbons (Fsp3) is 0.190. The van der Waals surface area contributed by atoms with Gasteiger partial charge in [-0.2, -0.15) is 8.78 Å². The second-order valence-corrected chi connectivity index (χ2v) is 6.83. The Morgan fingerprint density at radius 1 is 1.13 bits per heavy atom. The highest BCUT2D eigenvalue weighted by atomic mass is 19.3. The zero-order chi connectivity index (χ0) is 21.3. The summed E-state index contributed by atoms with van der Waals surface area (Å²) in [6.45, 7) is -1.54. The SMILES string of the molecule is CC1(c2ccc(OC(F)F)cc2)NC(=O)N(Cc2ncc(-c3ccccc3)o2)C1=O. The lowest BCUT2D eigenvalue weighted by Gasteiger charge is -2.22. The van der Waals surface area contributed by atoms with Crippen molar-refractivity contribution in [3.05, 3.63) is 72.2 Å². The number of nitrogens with zero attached hydrogens (tertiary/aromatic N) is 2. The molecule has 1 atom stereocenters. The molecule has 0 radical (unpaired) electrons. The number of benzene rings is 2. The van der Waals surface area contributed by atoms with Crippen molar-refractivity contribution in [1.29, 1.82) is 0 Å². The van der Waals surface area contributed by atoms with Gasteiger partial charge < -0.3 is 14.5 Å². The second-order valence-electron chi connectivity index (χ2n) is 6.83. The molecule has 4 rings (SSSR count). The van der Waals surface area contributed by atoms with Crippen LogP contribution >= 0.6 is 0 Å². The minimum Gasteiger partial charge on any atom is -0.439 e. The molecule has 0 spiro atoms. The molecule has 1 aromatic heterocycles. The van der Waals surface area contributed by atoms with E-state index in [0.29, 0.717) is 11.3 Å². The lowest BCUT2D eigenvalue weighted by molar-refractivity contribution is -0.131. The average molecular weight is 413 g/mol. The van der Waals surface area contributed by atoms with Gasteiger partial charge in [0.15, 0.2) is 5.76 Å². The van der Waals surface area contributed by atoms with Gasteiger partial charge in [0, 0.05) is 5.56 Å². The topological polar surface area (TPSA) is 84.7 Å². The first-order chi connectivity index (χ1) is 14.4. The van der Waals surface area contributed by atoms with Gasteiger partial charge in [0.25, 0.3) is 5.91 Å². The van der Waals surface area contributed by atoms with E-state index in [2.05, 4.69) is 15.0 Å². The van der Waals surface area contributed by atoms with Crippen LogP contribution in [-0.2, 0) is 16.9 Å². The fourth-order valence-electron chi connectivity index (χ4n) is 3.26. The zero-order valence-corrected chi connectivity index (χ0v) is 15.8. The molecule has 3 aromatic rings. The van der Waals surface area contributed by atoms with Gasteiger partial charge in [-0.15, -0.1) is 0 Å². The lowest BCUT2D eigenvalue weighted by Crippen LogP contribution is -2.40. The Morgan fingerprint density at radius 2 is 1.83 bits per heavy atom. The maximum atomic E-state index is 13.0. The molecular weight excluding hydrogens is 396 g/mol. The molecule has 0 bridgehead atoms. The summed E-state index contributed by atoms with van der Waals surface area (Å²) in [6.07, 6.45) is 1.53. The number of rotatable bonds is 6. The van der Waals surface area contributed by atoms with Gasteiger partial charge in [-0.1, -0.05) is 42.5 Å². The van der Waals surface area contributed by atoms with Gasteiger partial charge in [0.2, 0.25) is 5.89 Å². The van der Waals surface area contributed by atoms with E-state index in [1.54, 1.807) is 6.92 Å². The second kappa shape index (κ2) is 7.58. The van der Waals surface area contributed by atoms with Crippen LogP contribution in [0.2, 0.25) is 0 Å². The largest absolute Gasteiger partial charge is 0.439 e. The van der Waals surface area contributed by atoms with Crippen LogP contribution in [0.3, 0.4) is 0 Å². The first-order valence-corrected chi connectivity index (χ1v) is 9.06. The number of halogens is 2. The van der Waals surface area contributed by atoms with Gasteiger partial charge in [-0.25, -0.2) is 9.78 Å². The van der Waals surface area contributed by atoms with E-state index in [1.165, 1.54) is 30.5 Å². The summed E-state index contributed by atoms with van der Waals surface area (Å²) in [4.78, 5) is 30.6. The quantitative estimate of drug-likeness (QED) is 0.620. The van der Waals surface area contributed by atoms with Crippen LogP contribution in [-0.4, -0.2) is 28.4 Å². The normalized spacial score (nSPS) is 18.7. The van der Waals surface area contributed by atoms with Crippen molar-refractivity contribution in [3.63, 3.8) is 0 Å². The summed E-state index contributed by atoms with van der Waals surface area (Å²) in [5.41, 5.74) is -0.0956. The minimum absolute atomic E-state index is 0.0424. The van der Waals surface area contributed by atoms with Crippen LogP contribution < -0.4 is 10.1 Å². The number of alkyl halides is 2. The van der Waals surface area contributed by atoms with Gasteiger partial charge in [-0.3, -0.25) is 9.69 Å². The molecule has 3 amide bonds. The summed E-state index contributed by atoms with van der Waals surface area (Å²) in [5.74, 6) is 0.186. The predicted molar refractivity (Wildman–Crippen MR) is 101 cm³/mol. The number of carbonyl (C=O) groups excluding carboxylic acids is 2. The maximum Gasteiger partial charge on any atom is 0.387 e. The number of imide groups is 1. The Balaban J connectivity index is 1.52. The maximum absolute atomic E-state index is 13.0. The van der Waals surface area contributed by atoms with E-state index < -0.39 is 24.1 Å². The standard InChI is InChI=1S/C21H17F2N3O4/c1-21(14-7-9-15(10-8-14)29-19(22)23)18(27)26(20(28)25-21)12-17-24-11-16(30-17)13-5-3-2-4-6-13/h2-11,19H,12H2,1H3,(H,25,28). The molecule has 1 unspecified atom stereocenters. The summed E-state index contributed by atoms with van der Waals surface area (Å²) >= 11 is 0. The van der Waals surface area contributed by atoms with E-state index >= 15 is 0 Å². The van der Waals surface area contributed by atoms with E-state index in [0.717, 1.165) is 10.5 Å². The van der Waals surface area contributed by atoms with Gasteiger partial charge in [0.1, 0.15) is 17.8 Å². The number of urea groups is 1. The summed E-state index contributed by atoms with van der Waals surface area (Å²) in [5, 5.41) is 2.64. The average Bonchev–Trinajstić information content (AvgIpc) is 3.28. The first-order valence-electron chi connectivity index (χ1n) is 9.06. The fourth-order valence-corrected chi connectivity index (χ4v) is 3.26. The van der Waals surface area contributed by atoms with Crippen molar-refractivity contribution < 1.29 is 27.5 Å². The Labute approximate surface area is 170 Å². The smallest absolute Gasteiger partial charge is 0.387 e. The lowest BCUT2D eigenvalue weighted by atomic mass is 9.92. The molecule has 1 aliphatic rings. The Bertz CT molecular complexity index is 1070. The molecule has 30 heavy (non-hydrogen) atoms. The van der Waals surface area contributed by atoms with Crippen LogP contribution in [0.25, 0.3) is 11.3 Å². The molecule has 1 fully saturated rings. The van der Waals surface area contributed by atoms with Crippen LogP contribution in [0.15, 0.2) is 65.2 Å². The highest BCUT2D eigenvalue weighted by Crippen LogP contribution is 2.31. The Hall–Kier alpha value is -3.75. The molecule has 0 aliphatic carbocycles. The summed E-state index contributed by atoms with van der Waals surface area (Å²) in [6, 6.07) is 14.2. The molecule has 9 heteroatoms. The Kier molecular flexibility index (Phi) is 4.94. The molecule has 2 aromatic carbocycles. The summed E-state index contributed by atoms with van der Waals surface area (Å²) < 4.78 is 34.6. The number of carbonyl (C=O) groups is 2. The minimum atomic E-state index is -2.95. The number of nitrogens with one attached hydrogen (secondary N) is 1. The van der Waals surface area contributed by atoms with Crippen molar-refractivity contribution in [2.75, 3.05) is 0 Å². The van der Waals surface area contributed by atoms with Crippen LogP contribution in [0.1, 0.15) is 18.4 Å². The van der Waals surface area contributed by atoms with Gasteiger partial charge >= 0.3 is 12.6 Å². The molecule has 0 saturated carbocycles. The molecule has 2 heterocycles. The zero-order valence-electron chi connectivity index (χ0n) is 15.8. The van der Waals surface area contributed by atoms with Crippen molar-refractivity contribution in [2.24, 2.45) is 0 Å². The van der Waals surface area contributed by atoms with Gasteiger partial charge in [0.05, 0.1) is 6.20 Å².